The van der Waals surface area contributed by atoms with Gasteiger partial charge < -0.3 is 33.4 Å². The molecule has 14 nitrogen and oxygen atoms in total. The lowest BCUT2D eigenvalue weighted by Crippen LogP contribution is -2.30. The molecule has 0 aliphatic heterocycles. The second kappa shape index (κ2) is 17.2. The van der Waals surface area contributed by atoms with E-state index in [0.717, 1.165) is 31.0 Å². The lowest BCUT2D eigenvalue weighted by atomic mass is 10.1. The van der Waals surface area contributed by atoms with Crippen LogP contribution in [-0.4, -0.2) is 85.9 Å². The fourth-order valence-electron chi connectivity index (χ4n) is 4.49. The monoisotopic (exact) mass is 621 g/mol. The van der Waals surface area contributed by atoms with Gasteiger partial charge in [0.05, 0.1) is 31.1 Å². The Bertz CT molecular complexity index is 1300. The molecule has 0 spiro atoms. The molecule has 3 rings (SSSR count). The quantitative estimate of drug-likeness (QED) is 0.141. The number of nitrogens with zero attached hydrogens (tertiary/aromatic N) is 5. The topological polar surface area (TPSA) is 165 Å². The van der Waals surface area contributed by atoms with Gasteiger partial charge in [0.15, 0.2) is 12.6 Å². The average molecular weight is 622 g/mol. The standard InChI is InChI=1S/C28H43N7O7S/c1-39-27(40-2)20-34-16-13-30-24(34)18-33(19-25-31-14-17-35(25)21-28(41-3)42-4)15-7-5-6-8-26(36)32-22-9-11-23(12-10-22)43(29,37)38/h9-14,16-17,27-28H,5-8,15,18-21H2,1-4H3,(H,32,36)(H2,29,37,38). The number of benzene rings is 1. The number of carbonyl (C=O) groups excluding carboxylic acids is 1. The SMILES string of the molecule is COC(Cn1ccnc1CN(CCCCCC(=O)Nc1ccc(S(N)(=O)=O)cc1)Cc1nccn1CC(OC)OC)OC. The van der Waals surface area contributed by atoms with E-state index < -0.39 is 22.6 Å². The van der Waals surface area contributed by atoms with E-state index in [-0.39, 0.29) is 10.8 Å². The van der Waals surface area contributed by atoms with Gasteiger partial charge in [-0.05, 0) is 43.7 Å². The zero-order chi connectivity index (χ0) is 31.2. The van der Waals surface area contributed by atoms with Gasteiger partial charge in [-0.2, -0.15) is 0 Å². The fourth-order valence-corrected chi connectivity index (χ4v) is 5.01. The largest absolute Gasteiger partial charge is 0.354 e. The van der Waals surface area contributed by atoms with Crippen molar-refractivity contribution in [2.75, 3.05) is 40.3 Å². The number of unbranched alkanes of at least 4 members (excludes halogenated alkanes) is 2. The molecule has 15 heteroatoms. The number of nitrogens with one attached hydrogen (secondary N) is 1. The summed E-state index contributed by atoms with van der Waals surface area (Å²) in [5, 5.41) is 7.92. The maximum atomic E-state index is 12.4. The molecule has 0 radical (unpaired) electrons. The maximum Gasteiger partial charge on any atom is 0.238 e. The number of ether oxygens (including phenoxy) is 4. The van der Waals surface area contributed by atoms with E-state index in [1.165, 1.54) is 24.3 Å². The zero-order valence-corrected chi connectivity index (χ0v) is 26.0. The first-order chi connectivity index (χ1) is 20.7. The number of hydrogen-bond donors (Lipinski definition) is 2. The van der Waals surface area contributed by atoms with Crippen molar-refractivity contribution in [2.45, 2.75) is 69.3 Å². The summed E-state index contributed by atoms with van der Waals surface area (Å²) >= 11 is 0. The minimum absolute atomic E-state index is 0.00517. The van der Waals surface area contributed by atoms with Crippen LogP contribution in [0.1, 0.15) is 37.3 Å². The summed E-state index contributed by atoms with van der Waals surface area (Å²) in [5.41, 5.74) is 0.517. The van der Waals surface area contributed by atoms with Gasteiger partial charge in [-0.1, -0.05) is 6.42 Å². The minimum Gasteiger partial charge on any atom is -0.354 e. The van der Waals surface area contributed by atoms with Gasteiger partial charge in [-0.15, -0.1) is 0 Å². The number of primary sulfonamides is 1. The van der Waals surface area contributed by atoms with Gasteiger partial charge >= 0.3 is 0 Å². The number of anilines is 1. The Labute approximate surface area is 253 Å². The van der Waals surface area contributed by atoms with Crippen molar-refractivity contribution in [3.05, 3.63) is 60.7 Å². The highest BCUT2D eigenvalue weighted by molar-refractivity contribution is 7.89. The maximum absolute atomic E-state index is 12.4. The summed E-state index contributed by atoms with van der Waals surface area (Å²) in [6.45, 7) is 2.92. The molecule has 3 aromatic rings. The molecule has 3 N–H and O–H groups in total. The number of amides is 1. The molecule has 0 unspecified atom stereocenters. The second-order valence-corrected chi connectivity index (χ2v) is 11.5. The normalized spacial score (nSPS) is 12.1. The Balaban J connectivity index is 1.58. The summed E-state index contributed by atoms with van der Waals surface area (Å²) in [6, 6.07) is 5.77. The number of carbonyl (C=O) groups is 1. The highest BCUT2D eigenvalue weighted by Gasteiger charge is 2.17. The third-order valence-electron chi connectivity index (χ3n) is 6.92. The summed E-state index contributed by atoms with van der Waals surface area (Å²) in [4.78, 5) is 23.9. The van der Waals surface area contributed by atoms with Crippen LogP contribution >= 0.6 is 0 Å². The Morgan fingerprint density at radius 1 is 0.860 bits per heavy atom. The molecular weight excluding hydrogens is 578 g/mol. The van der Waals surface area contributed by atoms with E-state index in [9.17, 15) is 13.2 Å². The molecule has 0 saturated heterocycles. The molecule has 0 aliphatic carbocycles. The van der Waals surface area contributed by atoms with Crippen LogP contribution in [0.4, 0.5) is 5.69 Å². The third-order valence-corrected chi connectivity index (χ3v) is 7.85. The van der Waals surface area contributed by atoms with Crippen LogP contribution < -0.4 is 10.5 Å². The van der Waals surface area contributed by atoms with Gasteiger partial charge in [-0.25, -0.2) is 23.5 Å². The first kappa shape index (κ1) is 34.3. The van der Waals surface area contributed by atoms with Crippen molar-refractivity contribution < 1.29 is 32.2 Å². The van der Waals surface area contributed by atoms with Crippen LogP contribution in [-0.2, 0) is 59.9 Å². The smallest absolute Gasteiger partial charge is 0.238 e. The van der Waals surface area contributed by atoms with Crippen molar-refractivity contribution in [1.29, 1.82) is 0 Å². The third kappa shape index (κ3) is 11.1. The zero-order valence-electron chi connectivity index (χ0n) is 25.2. The van der Waals surface area contributed by atoms with Gasteiger partial charge in [0.1, 0.15) is 11.6 Å². The van der Waals surface area contributed by atoms with Crippen molar-refractivity contribution >= 4 is 21.6 Å². The van der Waals surface area contributed by atoms with Crippen molar-refractivity contribution in [3.8, 4) is 0 Å². The Morgan fingerprint density at radius 3 is 1.84 bits per heavy atom. The molecule has 1 aromatic carbocycles. The fraction of sp³-hybridized carbons (Fsp3) is 0.536. The number of aromatic nitrogens is 4. The number of sulfonamides is 1. The van der Waals surface area contributed by atoms with Gasteiger partial charge in [0, 0.05) is 65.3 Å². The van der Waals surface area contributed by atoms with Gasteiger partial charge in [0.2, 0.25) is 15.9 Å². The molecular formula is C28H43N7O7S. The summed E-state index contributed by atoms with van der Waals surface area (Å²) < 4.78 is 48.4. The van der Waals surface area contributed by atoms with Crippen LogP contribution in [0.3, 0.4) is 0 Å². The molecule has 0 saturated carbocycles. The van der Waals surface area contributed by atoms with Crippen LogP contribution in [0.25, 0.3) is 0 Å². The van der Waals surface area contributed by atoms with Crippen LogP contribution in [0.2, 0.25) is 0 Å². The molecule has 0 aliphatic rings. The highest BCUT2D eigenvalue weighted by Crippen LogP contribution is 2.15. The number of hydrogen-bond acceptors (Lipinski definition) is 10. The van der Waals surface area contributed by atoms with Crippen LogP contribution in [0, 0.1) is 0 Å². The first-order valence-electron chi connectivity index (χ1n) is 13.9. The first-order valence-corrected chi connectivity index (χ1v) is 15.5. The summed E-state index contributed by atoms with van der Waals surface area (Å²) in [6.07, 6.45) is 9.29. The van der Waals surface area contributed by atoms with Gasteiger partial charge in [0.25, 0.3) is 0 Å². The Hall–Kier alpha value is -3.18. The van der Waals surface area contributed by atoms with Crippen molar-refractivity contribution in [3.63, 3.8) is 0 Å². The molecule has 2 heterocycles. The van der Waals surface area contributed by atoms with E-state index in [1.54, 1.807) is 40.8 Å². The molecule has 0 bridgehead atoms. The van der Waals surface area contributed by atoms with E-state index in [2.05, 4.69) is 20.2 Å². The molecule has 43 heavy (non-hydrogen) atoms. The predicted molar refractivity (Wildman–Crippen MR) is 159 cm³/mol. The molecule has 0 fully saturated rings. The predicted octanol–water partition coefficient (Wildman–Crippen LogP) is 2.17. The molecule has 2 aromatic heterocycles. The molecule has 238 valence electrons. The van der Waals surface area contributed by atoms with Crippen molar-refractivity contribution in [1.82, 2.24) is 24.0 Å². The average Bonchev–Trinajstić information content (AvgIpc) is 3.62. The number of nitrogens with two attached hydrogens (primary N) is 1. The molecule has 0 atom stereocenters. The van der Waals surface area contributed by atoms with Gasteiger partial charge in [-0.3, -0.25) is 9.69 Å². The lowest BCUT2D eigenvalue weighted by Gasteiger charge is -2.24. The van der Waals surface area contributed by atoms with Crippen LogP contribution in [0.15, 0.2) is 53.9 Å². The van der Waals surface area contributed by atoms with E-state index in [4.69, 9.17) is 24.1 Å². The summed E-state index contributed by atoms with van der Waals surface area (Å²) in [7, 11) is 2.64. The van der Waals surface area contributed by atoms with Crippen molar-refractivity contribution in [2.24, 2.45) is 5.14 Å². The van der Waals surface area contributed by atoms with E-state index in [1.807, 2.05) is 21.5 Å². The van der Waals surface area contributed by atoms with E-state index in [0.29, 0.717) is 44.7 Å². The number of methoxy groups -OCH3 is 4. The Morgan fingerprint density at radius 2 is 1.37 bits per heavy atom. The second-order valence-electron chi connectivity index (χ2n) is 9.93. The Kier molecular flexibility index (Phi) is 13.7. The minimum atomic E-state index is -3.78. The summed E-state index contributed by atoms with van der Waals surface area (Å²) in [5.74, 6) is 1.61. The number of rotatable bonds is 20. The highest BCUT2D eigenvalue weighted by atomic mass is 32.2. The van der Waals surface area contributed by atoms with Crippen LogP contribution in [0.5, 0.6) is 0 Å². The number of imidazole rings is 2. The van der Waals surface area contributed by atoms with E-state index >= 15 is 0 Å². The lowest BCUT2D eigenvalue weighted by molar-refractivity contribution is -0.116. The molecule has 1 amide bonds.